The maximum atomic E-state index is 11.8. The van der Waals surface area contributed by atoms with Gasteiger partial charge in [-0.25, -0.2) is 9.03 Å². The summed E-state index contributed by atoms with van der Waals surface area (Å²) in [7, 11) is -3.93. The van der Waals surface area contributed by atoms with Crippen LogP contribution in [-0.2, 0) is 16.6 Å². The van der Waals surface area contributed by atoms with E-state index in [1.54, 1.807) is 12.1 Å². The lowest BCUT2D eigenvalue weighted by Crippen LogP contribution is -2.29. The number of hydrogen-bond acceptors (Lipinski definition) is 5. The van der Waals surface area contributed by atoms with E-state index in [1.807, 2.05) is 22.9 Å². The number of nitrogens with zero attached hydrogens (tertiary/aromatic N) is 1. The van der Waals surface area contributed by atoms with Gasteiger partial charge in [0, 0.05) is 5.69 Å². The molecule has 3 rings (SSSR count). The molecule has 1 heterocycles. The molecule has 5 N–H and O–H groups in total. The van der Waals surface area contributed by atoms with Gasteiger partial charge in [0.25, 0.3) is 0 Å². The molecule has 7 nitrogen and oxygen atoms in total. The van der Waals surface area contributed by atoms with Gasteiger partial charge in [0.15, 0.2) is 0 Å². The molecule has 0 radical (unpaired) electrons. The van der Waals surface area contributed by atoms with E-state index >= 15 is 0 Å². The summed E-state index contributed by atoms with van der Waals surface area (Å²) in [5.41, 5.74) is 8.28. The first-order chi connectivity index (χ1) is 10.9. The molecule has 0 spiro atoms. The van der Waals surface area contributed by atoms with Gasteiger partial charge in [-0.2, -0.15) is 8.42 Å². The summed E-state index contributed by atoms with van der Waals surface area (Å²) in [6.07, 6.45) is 1.49. The van der Waals surface area contributed by atoms with Crippen molar-refractivity contribution in [1.29, 1.82) is 0 Å². The zero-order valence-corrected chi connectivity index (χ0v) is 12.8. The third kappa shape index (κ3) is 2.88. The number of rotatable bonds is 3. The number of nitrogens with one attached hydrogen (secondary N) is 1. The largest absolute Gasteiger partial charge is 0.506 e. The zero-order chi connectivity index (χ0) is 16.6. The van der Waals surface area contributed by atoms with E-state index in [0.717, 1.165) is 21.6 Å². The van der Waals surface area contributed by atoms with Crippen molar-refractivity contribution in [1.82, 2.24) is 4.72 Å². The maximum Gasteiger partial charge on any atom is 0.330 e. The van der Waals surface area contributed by atoms with Gasteiger partial charge in [-0.15, -0.1) is 0 Å². The number of benzene rings is 2. The van der Waals surface area contributed by atoms with Crippen LogP contribution < -0.4 is 14.8 Å². The topological polar surface area (TPSA) is 116 Å². The first-order valence-corrected chi connectivity index (χ1v) is 8.19. The second kappa shape index (κ2) is 5.40. The zero-order valence-electron chi connectivity index (χ0n) is 12.0. The Morgan fingerprint density at radius 1 is 1.13 bits per heavy atom. The lowest BCUT2D eigenvalue weighted by atomic mass is 10.0. The molecular weight excluding hydrogens is 318 g/mol. The van der Waals surface area contributed by atoms with Crippen molar-refractivity contribution in [2.45, 2.75) is 6.42 Å². The highest BCUT2D eigenvalue weighted by molar-refractivity contribution is 7.91. The third-order valence-electron chi connectivity index (χ3n) is 3.46. The summed E-state index contributed by atoms with van der Waals surface area (Å²) in [6.45, 7) is 0. The fourth-order valence-electron chi connectivity index (χ4n) is 2.37. The number of aliphatic hydroxyl groups is 1. The van der Waals surface area contributed by atoms with Crippen LogP contribution in [0.15, 0.2) is 54.5 Å². The summed E-state index contributed by atoms with van der Waals surface area (Å²) in [5, 5.41) is 19.4. The number of nitrogen functional groups attached to an aromatic ring is 1. The van der Waals surface area contributed by atoms with E-state index < -0.39 is 16.1 Å². The van der Waals surface area contributed by atoms with Crippen LogP contribution >= 0.6 is 0 Å². The van der Waals surface area contributed by atoms with E-state index in [0.29, 0.717) is 12.1 Å². The molecular formula is C15H15N3O4S. The number of phenolic OH excluding ortho intramolecular Hbond substituents is 1. The smallest absolute Gasteiger partial charge is 0.330 e. The lowest BCUT2D eigenvalue weighted by molar-refractivity contribution is 0.392. The van der Waals surface area contributed by atoms with Crippen LogP contribution in [0.3, 0.4) is 0 Å². The molecule has 0 atom stereocenters. The number of aromatic hydroxyl groups is 1. The second-order valence-corrected chi connectivity index (χ2v) is 6.66. The van der Waals surface area contributed by atoms with Crippen molar-refractivity contribution in [3.8, 4) is 5.75 Å². The Balaban J connectivity index is 1.92. The maximum absolute atomic E-state index is 11.8. The predicted molar refractivity (Wildman–Crippen MR) is 87.0 cm³/mol. The van der Waals surface area contributed by atoms with Gasteiger partial charge in [0.1, 0.15) is 11.4 Å². The molecule has 2 aromatic rings. The number of anilines is 2. The van der Waals surface area contributed by atoms with Crippen molar-refractivity contribution in [3.05, 3.63) is 65.7 Å². The van der Waals surface area contributed by atoms with Crippen LogP contribution in [0.2, 0.25) is 0 Å². The van der Waals surface area contributed by atoms with Gasteiger partial charge in [-0.3, -0.25) is 0 Å². The van der Waals surface area contributed by atoms with Crippen molar-refractivity contribution >= 4 is 21.6 Å². The van der Waals surface area contributed by atoms with Crippen LogP contribution in [0.1, 0.15) is 11.1 Å². The minimum atomic E-state index is -3.93. The van der Waals surface area contributed by atoms with E-state index in [4.69, 9.17) is 5.73 Å². The molecule has 0 bridgehead atoms. The van der Waals surface area contributed by atoms with Crippen molar-refractivity contribution < 1.29 is 18.6 Å². The lowest BCUT2D eigenvalue weighted by Gasteiger charge is -2.16. The van der Waals surface area contributed by atoms with Gasteiger partial charge >= 0.3 is 10.2 Å². The van der Waals surface area contributed by atoms with Gasteiger partial charge in [-0.1, -0.05) is 24.3 Å². The fraction of sp³-hybridized carbons (Fsp3) is 0.0667. The van der Waals surface area contributed by atoms with E-state index in [1.165, 1.54) is 12.1 Å². The van der Waals surface area contributed by atoms with Gasteiger partial charge < -0.3 is 15.9 Å². The number of aliphatic hydroxyl groups excluding tert-OH is 1. The summed E-state index contributed by atoms with van der Waals surface area (Å²) in [4.78, 5) is 0. The van der Waals surface area contributed by atoms with Gasteiger partial charge in [0.2, 0.25) is 5.88 Å². The minimum absolute atomic E-state index is 0.0475. The Bertz CT molecular complexity index is 893. The highest BCUT2D eigenvalue weighted by atomic mass is 32.2. The average molecular weight is 333 g/mol. The average Bonchev–Trinajstić information content (AvgIpc) is 2.74. The molecule has 120 valence electrons. The first-order valence-electron chi connectivity index (χ1n) is 6.75. The monoisotopic (exact) mass is 333 g/mol. The summed E-state index contributed by atoms with van der Waals surface area (Å²) in [5.74, 6) is -0.723. The third-order valence-corrected chi connectivity index (χ3v) is 4.75. The standard InChI is InChI=1S/C15H15N3O4S/c16-12-4-2-1-3-11(12)7-10-5-6-13(14(19)8-10)18-9-15(20)17-23(18,21)22/h1-6,8-9,17,19-20H,7,16H2. The number of nitrogens with two attached hydrogens (primary N) is 1. The van der Waals surface area contributed by atoms with Crippen molar-refractivity contribution in [2.24, 2.45) is 0 Å². The highest BCUT2D eigenvalue weighted by Gasteiger charge is 2.30. The Kier molecular flexibility index (Phi) is 3.53. The fourth-order valence-corrected chi connectivity index (χ4v) is 3.43. The molecule has 0 unspecified atom stereocenters. The Hall–Kier alpha value is -2.87. The van der Waals surface area contributed by atoms with Crippen LogP contribution in [0, 0.1) is 0 Å². The van der Waals surface area contributed by atoms with E-state index in [-0.39, 0.29) is 11.4 Å². The van der Waals surface area contributed by atoms with Crippen LogP contribution in [0.25, 0.3) is 0 Å². The molecule has 1 aliphatic rings. The molecule has 8 heteroatoms. The molecule has 0 saturated heterocycles. The van der Waals surface area contributed by atoms with Crippen LogP contribution in [0.5, 0.6) is 5.75 Å². The van der Waals surface area contributed by atoms with E-state index in [2.05, 4.69) is 0 Å². The molecule has 0 saturated carbocycles. The first kappa shape index (κ1) is 15.0. The Morgan fingerprint density at radius 3 is 2.48 bits per heavy atom. The Labute approximate surface area is 133 Å². The highest BCUT2D eigenvalue weighted by Crippen LogP contribution is 2.33. The number of phenols is 1. The van der Waals surface area contributed by atoms with Gasteiger partial charge in [-0.05, 0) is 35.7 Å². The van der Waals surface area contributed by atoms with Crippen molar-refractivity contribution in [3.63, 3.8) is 0 Å². The summed E-state index contributed by atoms with van der Waals surface area (Å²) < 4.78 is 26.3. The van der Waals surface area contributed by atoms with E-state index in [9.17, 15) is 18.6 Å². The normalized spacial score (nSPS) is 16.0. The number of para-hydroxylation sites is 1. The predicted octanol–water partition coefficient (Wildman–Crippen LogP) is 1.58. The van der Waals surface area contributed by atoms with Gasteiger partial charge in [0.05, 0.1) is 6.20 Å². The molecule has 0 amide bonds. The van der Waals surface area contributed by atoms with Crippen LogP contribution in [-0.4, -0.2) is 18.6 Å². The minimum Gasteiger partial charge on any atom is -0.506 e. The summed E-state index contributed by atoms with van der Waals surface area (Å²) >= 11 is 0. The quantitative estimate of drug-likeness (QED) is 0.636. The molecule has 1 aliphatic heterocycles. The van der Waals surface area contributed by atoms with Crippen LogP contribution in [0.4, 0.5) is 11.4 Å². The van der Waals surface area contributed by atoms with Crippen molar-refractivity contribution in [2.75, 3.05) is 10.0 Å². The molecule has 0 fully saturated rings. The SMILES string of the molecule is Nc1ccccc1Cc1ccc(N2C=C(O)NS2(=O)=O)c(O)c1. The molecule has 0 aromatic heterocycles. The molecule has 23 heavy (non-hydrogen) atoms. The second-order valence-electron chi connectivity index (χ2n) is 5.12. The Morgan fingerprint density at radius 2 is 1.87 bits per heavy atom. The number of hydrogen-bond donors (Lipinski definition) is 4. The summed E-state index contributed by atoms with van der Waals surface area (Å²) in [6, 6.07) is 12.0. The molecule has 0 aliphatic carbocycles. The molecule has 2 aromatic carbocycles.